The van der Waals surface area contributed by atoms with Crippen LogP contribution in [0.2, 0.25) is 0 Å². The maximum Gasteiger partial charge on any atom is 0.143 e. The highest BCUT2D eigenvalue weighted by molar-refractivity contribution is 5.73. The van der Waals surface area contributed by atoms with E-state index in [4.69, 9.17) is 0 Å². The van der Waals surface area contributed by atoms with E-state index < -0.39 is 0 Å². The molecule has 0 saturated carbocycles. The molecular formula is C16H17N3O. The van der Waals surface area contributed by atoms with Gasteiger partial charge < -0.3 is 5.11 Å². The van der Waals surface area contributed by atoms with Crippen LogP contribution in [0, 0.1) is 0 Å². The normalized spacial score (nSPS) is 12.7. The lowest BCUT2D eigenvalue weighted by molar-refractivity contribution is 0.467. The number of phenols is 1. The SMILES string of the molecule is CCC(C)c1ccc(O)c(-n2nc3ccccc3n2)c1. The van der Waals surface area contributed by atoms with E-state index in [2.05, 4.69) is 24.0 Å². The van der Waals surface area contributed by atoms with Crippen LogP contribution in [0.5, 0.6) is 5.75 Å². The van der Waals surface area contributed by atoms with Crippen molar-refractivity contribution < 1.29 is 5.11 Å². The summed E-state index contributed by atoms with van der Waals surface area (Å²) in [6.07, 6.45) is 1.05. The molecule has 3 rings (SSSR count). The summed E-state index contributed by atoms with van der Waals surface area (Å²) in [6.45, 7) is 4.32. The van der Waals surface area contributed by atoms with Crippen molar-refractivity contribution in [1.29, 1.82) is 0 Å². The van der Waals surface area contributed by atoms with E-state index >= 15 is 0 Å². The Labute approximate surface area is 117 Å². The van der Waals surface area contributed by atoms with Crippen molar-refractivity contribution in [3.8, 4) is 11.4 Å². The predicted molar refractivity (Wildman–Crippen MR) is 79.2 cm³/mol. The van der Waals surface area contributed by atoms with Crippen LogP contribution in [0.1, 0.15) is 31.7 Å². The summed E-state index contributed by atoms with van der Waals surface area (Å²) in [6, 6.07) is 13.3. The van der Waals surface area contributed by atoms with Gasteiger partial charge in [0.1, 0.15) is 22.5 Å². The zero-order chi connectivity index (χ0) is 14.1. The highest BCUT2D eigenvalue weighted by atomic mass is 16.3. The molecule has 1 aromatic heterocycles. The van der Waals surface area contributed by atoms with Crippen molar-refractivity contribution in [1.82, 2.24) is 15.0 Å². The summed E-state index contributed by atoms with van der Waals surface area (Å²) in [7, 11) is 0. The van der Waals surface area contributed by atoms with Gasteiger partial charge in [0.15, 0.2) is 0 Å². The Balaban J connectivity index is 2.12. The Morgan fingerprint density at radius 3 is 2.35 bits per heavy atom. The highest BCUT2D eigenvalue weighted by Crippen LogP contribution is 2.27. The van der Waals surface area contributed by atoms with Gasteiger partial charge in [0.25, 0.3) is 0 Å². The van der Waals surface area contributed by atoms with Crippen molar-refractivity contribution in [2.75, 3.05) is 0 Å². The van der Waals surface area contributed by atoms with Gasteiger partial charge in [-0.25, -0.2) is 0 Å². The monoisotopic (exact) mass is 267 g/mol. The molecule has 102 valence electrons. The fourth-order valence-corrected chi connectivity index (χ4v) is 2.21. The van der Waals surface area contributed by atoms with E-state index in [9.17, 15) is 5.11 Å². The molecule has 0 aliphatic heterocycles. The number of phenolic OH excluding ortho intramolecular Hbond substituents is 1. The lowest BCUT2D eigenvalue weighted by atomic mass is 9.98. The molecule has 1 unspecified atom stereocenters. The quantitative estimate of drug-likeness (QED) is 0.788. The van der Waals surface area contributed by atoms with Crippen molar-refractivity contribution >= 4 is 11.0 Å². The zero-order valence-electron chi connectivity index (χ0n) is 11.6. The number of rotatable bonds is 3. The highest BCUT2D eigenvalue weighted by Gasteiger charge is 2.11. The van der Waals surface area contributed by atoms with Gasteiger partial charge in [-0.3, -0.25) is 0 Å². The van der Waals surface area contributed by atoms with Gasteiger partial charge in [0, 0.05) is 0 Å². The van der Waals surface area contributed by atoms with Crippen molar-refractivity contribution in [3.05, 3.63) is 48.0 Å². The largest absolute Gasteiger partial charge is 0.506 e. The molecule has 0 bridgehead atoms. The molecule has 0 amide bonds. The molecule has 1 heterocycles. The Bertz CT molecular complexity index is 715. The molecule has 4 nitrogen and oxygen atoms in total. The van der Waals surface area contributed by atoms with Crippen molar-refractivity contribution in [2.24, 2.45) is 0 Å². The second kappa shape index (κ2) is 4.96. The number of aromatic nitrogens is 3. The molecule has 1 atom stereocenters. The number of nitrogens with zero attached hydrogens (tertiary/aromatic N) is 3. The van der Waals surface area contributed by atoms with Crippen molar-refractivity contribution in [3.63, 3.8) is 0 Å². The summed E-state index contributed by atoms with van der Waals surface area (Å²) >= 11 is 0. The fourth-order valence-electron chi connectivity index (χ4n) is 2.21. The van der Waals surface area contributed by atoms with E-state index in [1.54, 1.807) is 6.07 Å². The van der Waals surface area contributed by atoms with E-state index in [0.29, 0.717) is 11.6 Å². The van der Waals surface area contributed by atoms with Crippen LogP contribution in [0.15, 0.2) is 42.5 Å². The van der Waals surface area contributed by atoms with Gasteiger partial charge >= 0.3 is 0 Å². The summed E-state index contributed by atoms with van der Waals surface area (Å²) in [5, 5.41) is 18.9. The number of benzene rings is 2. The van der Waals surface area contributed by atoms with Gasteiger partial charge in [0.2, 0.25) is 0 Å². The smallest absolute Gasteiger partial charge is 0.143 e. The summed E-state index contributed by atoms with van der Waals surface area (Å²) < 4.78 is 0. The van der Waals surface area contributed by atoms with Gasteiger partial charge in [-0.1, -0.05) is 32.0 Å². The third kappa shape index (κ3) is 2.13. The Morgan fingerprint density at radius 2 is 1.75 bits per heavy atom. The van der Waals surface area contributed by atoms with Crippen LogP contribution in [0.3, 0.4) is 0 Å². The van der Waals surface area contributed by atoms with Gasteiger partial charge in [0.05, 0.1) is 0 Å². The third-order valence-electron chi connectivity index (χ3n) is 3.68. The van der Waals surface area contributed by atoms with Crippen molar-refractivity contribution in [2.45, 2.75) is 26.2 Å². The number of hydrogen-bond acceptors (Lipinski definition) is 3. The van der Waals surface area contributed by atoms with Crippen LogP contribution in [0.25, 0.3) is 16.7 Å². The first-order valence-corrected chi connectivity index (χ1v) is 6.84. The molecule has 0 saturated heterocycles. The standard InChI is InChI=1S/C16H17N3O/c1-3-11(2)12-8-9-16(20)15(10-12)19-17-13-6-4-5-7-14(13)18-19/h4-11,20H,3H2,1-2H3. The average Bonchev–Trinajstić information content (AvgIpc) is 2.90. The zero-order valence-corrected chi connectivity index (χ0v) is 11.6. The Kier molecular flexibility index (Phi) is 3.14. The fraction of sp³-hybridized carbons (Fsp3) is 0.250. The second-order valence-corrected chi connectivity index (χ2v) is 5.04. The molecule has 1 N–H and O–H groups in total. The minimum absolute atomic E-state index is 0.192. The van der Waals surface area contributed by atoms with Crippen LogP contribution in [0.4, 0.5) is 0 Å². The second-order valence-electron chi connectivity index (χ2n) is 5.04. The molecule has 0 fully saturated rings. The van der Waals surface area contributed by atoms with Crippen LogP contribution < -0.4 is 0 Å². The lowest BCUT2D eigenvalue weighted by Crippen LogP contribution is -2.01. The Hall–Kier alpha value is -2.36. The number of aromatic hydroxyl groups is 1. The summed E-state index contributed by atoms with van der Waals surface area (Å²) in [4.78, 5) is 1.51. The minimum atomic E-state index is 0.192. The van der Waals surface area contributed by atoms with E-state index in [1.807, 2.05) is 36.4 Å². The van der Waals surface area contributed by atoms with Crippen LogP contribution in [-0.2, 0) is 0 Å². The van der Waals surface area contributed by atoms with Gasteiger partial charge in [-0.2, -0.15) is 0 Å². The van der Waals surface area contributed by atoms with Gasteiger partial charge in [-0.15, -0.1) is 15.0 Å². The summed E-state index contributed by atoms with van der Waals surface area (Å²) in [5.74, 6) is 0.636. The molecule has 0 spiro atoms. The number of hydrogen-bond donors (Lipinski definition) is 1. The lowest BCUT2D eigenvalue weighted by Gasteiger charge is -2.11. The molecule has 0 aliphatic carbocycles. The average molecular weight is 267 g/mol. The van der Waals surface area contributed by atoms with E-state index in [1.165, 1.54) is 10.4 Å². The molecule has 3 aromatic rings. The molecular weight excluding hydrogens is 250 g/mol. The molecule has 4 heteroatoms. The Morgan fingerprint density at radius 1 is 1.10 bits per heavy atom. The maximum absolute atomic E-state index is 10.1. The van der Waals surface area contributed by atoms with Crippen LogP contribution >= 0.6 is 0 Å². The molecule has 20 heavy (non-hydrogen) atoms. The van der Waals surface area contributed by atoms with E-state index in [0.717, 1.165) is 17.5 Å². The molecule has 0 radical (unpaired) electrons. The van der Waals surface area contributed by atoms with Gasteiger partial charge in [-0.05, 0) is 42.2 Å². The molecule has 2 aromatic carbocycles. The number of fused-ring (bicyclic) bond motifs is 1. The molecule has 0 aliphatic rings. The third-order valence-corrected chi connectivity index (χ3v) is 3.68. The topological polar surface area (TPSA) is 50.9 Å². The predicted octanol–water partition coefficient (Wildman–Crippen LogP) is 3.64. The first-order valence-electron chi connectivity index (χ1n) is 6.84. The van der Waals surface area contributed by atoms with Crippen LogP contribution in [-0.4, -0.2) is 20.1 Å². The summed E-state index contributed by atoms with van der Waals surface area (Å²) in [5.41, 5.74) is 3.45. The maximum atomic E-state index is 10.1. The minimum Gasteiger partial charge on any atom is -0.506 e. The first kappa shape index (κ1) is 12.7. The first-order chi connectivity index (χ1) is 9.69. The van der Waals surface area contributed by atoms with E-state index in [-0.39, 0.29) is 5.75 Å².